The van der Waals surface area contributed by atoms with Crippen molar-refractivity contribution in [2.75, 3.05) is 0 Å². The highest BCUT2D eigenvalue weighted by Gasteiger charge is 2.17. The number of hydrogen-bond acceptors (Lipinski definition) is 1. The molecule has 7 aromatic rings. The number of aromatic nitrogens is 1. The highest BCUT2D eigenvalue weighted by molar-refractivity contribution is 9.10. The predicted octanol–water partition coefficient (Wildman–Crippen LogP) is 10.3. The molecule has 0 bridgehead atoms. The van der Waals surface area contributed by atoms with Crippen molar-refractivity contribution in [3.05, 3.63) is 138 Å². The third-order valence-electron chi connectivity index (χ3n) is 7.19. The molecule has 0 unspecified atom stereocenters. The molecule has 0 aliphatic carbocycles. The van der Waals surface area contributed by atoms with Gasteiger partial charge in [0.05, 0.1) is 5.69 Å². The first-order valence-electron chi connectivity index (χ1n) is 12.4. The summed E-state index contributed by atoms with van der Waals surface area (Å²) in [5, 5.41) is 7.43. The van der Waals surface area contributed by atoms with Gasteiger partial charge in [0.1, 0.15) is 0 Å². The average Bonchev–Trinajstić information content (AvgIpc) is 2.96. The van der Waals surface area contributed by atoms with E-state index in [-0.39, 0.29) is 0 Å². The van der Waals surface area contributed by atoms with Crippen LogP contribution in [0.2, 0.25) is 0 Å². The average molecular weight is 536 g/mol. The lowest BCUT2D eigenvalue weighted by molar-refractivity contribution is 1.32. The van der Waals surface area contributed by atoms with Crippen LogP contribution in [0.25, 0.3) is 65.8 Å². The number of nitrogens with zero attached hydrogens (tertiary/aromatic N) is 1. The summed E-state index contributed by atoms with van der Waals surface area (Å²) in [4.78, 5) is 4.77. The standard InChI is InChI=1S/C35H22BrN/c36-26-20-21-33(37-22-26)35-31-13-5-3-11-29(31)34(30-12-4-6-14-32(30)35)25-18-16-24(17-19-25)28-15-7-9-23-8-1-2-10-27(23)28/h1-22H. The second kappa shape index (κ2) is 8.99. The lowest BCUT2D eigenvalue weighted by atomic mass is 9.86. The molecule has 0 amide bonds. The fourth-order valence-electron chi connectivity index (χ4n) is 5.53. The Labute approximate surface area is 224 Å². The van der Waals surface area contributed by atoms with Crippen molar-refractivity contribution in [1.29, 1.82) is 0 Å². The molecule has 0 saturated carbocycles. The summed E-state index contributed by atoms with van der Waals surface area (Å²) >= 11 is 3.53. The fourth-order valence-corrected chi connectivity index (χ4v) is 5.77. The smallest absolute Gasteiger partial charge is 0.0715 e. The number of fused-ring (bicyclic) bond motifs is 3. The van der Waals surface area contributed by atoms with Crippen LogP contribution >= 0.6 is 15.9 Å². The molecule has 0 aliphatic rings. The zero-order valence-electron chi connectivity index (χ0n) is 20.0. The van der Waals surface area contributed by atoms with Crippen LogP contribution in [0.4, 0.5) is 0 Å². The van der Waals surface area contributed by atoms with Crippen molar-refractivity contribution in [3.8, 4) is 33.5 Å². The van der Waals surface area contributed by atoms with Crippen molar-refractivity contribution in [3.63, 3.8) is 0 Å². The largest absolute Gasteiger partial charge is 0.255 e. The Kier molecular flexibility index (Phi) is 5.34. The Morgan fingerprint density at radius 1 is 0.432 bits per heavy atom. The molecule has 0 aliphatic heterocycles. The van der Waals surface area contributed by atoms with Crippen molar-refractivity contribution in [2.24, 2.45) is 0 Å². The maximum atomic E-state index is 4.77. The van der Waals surface area contributed by atoms with Crippen molar-refractivity contribution < 1.29 is 0 Å². The highest BCUT2D eigenvalue weighted by Crippen LogP contribution is 2.43. The summed E-state index contributed by atoms with van der Waals surface area (Å²) in [5.41, 5.74) is 7.12. The molecule has 6 aromatic carbocycles. The Morgan fingerprint density at radius 3 is 1.59 bits per heavy atom. The zero-order chi connectivity index (χ0) is 24.8. The number of hydrogen-bond donors (Lipinski definition) is 0. The van der Waals surface area contributed by atoms with E-state index in [0.717, 1.165) is 10.2 Å². The van der Waals surface area contributed by atoms with Gasteiger partial charge in [0, 0.05) is 16.2 Å². The normalized spacial score (nSPS) is 11.4. The maximum absolute atomic E-state index is 4.77. The molecule has 7 rings (SSSR count). The van der Waals surface area contributed by atoms with Gasteiger partial charge in [-0.25, -0.2) is 0 Å². The number of rotatable bonds is 3. The molecule has 1 nitrogen and oxygen atoms in total. The molecular weight excluding hydrogens is 514 g/mol. The topological polar surface area (TPSA) is 12.9 Å². The van der Waals surface area contributed by atoms with Crippen molar-refractivity contribution in [2.45, 2.75) is 0 Å². The lowest BCUT2D eigenvalue weighted by Crippen LogP contribution is -1.92. The summed E-state index contributed by atoms with van der Waals surface area (Å²) < 4.78 is 0.979. The molecule has 1 aromatic heterocycles. The SMILES string of the molecule is Brc1ccc(-c2c3ccccc3c(-c3ccc(-c4cccc5ccccc45)cc3)c3ccccc23)nc1. The summed E-state index contributed by atoms with van der Waals surface area (Å²) in [6.07, 6.45) is 1.87. The second-order valence-corrected chi connectivity index (χ2v) is 10.2. The molecule has 1 heterocycles. The molecule has 0 N–H and O–H groups in total. The van der Waals surface area contributed by atoms with Crippen LogP contribution in [0.15, 0.2) is 138 Å². The Balaban J connectivity index is 1.47. The predicted molar refractivity (Wildman–Crippen MR) is 161 cm³/mol. The molecule has 2 heteroatoms. The minimum absolute atomic E-state index is 0.979. The zero-order valence-corrected chi connectivity index (χ0v) is 21.6. The van der Waals surface area contributed by atoms with E-state index < -0.39 is 0 Å². The Hall–Kier alpha value is -4.27. The van der Waals surface area contributed by atoms with Crippen LogP contribution in [0.1, 0.15) is 0 Å². The Bertz CT molecular complexity index is 1860. The van der Waals surface area contributed by atoms with Gasteiger partial charge in [0.25, 0.3) is 0 Å². The van der Waals surface area contributed by atoms with Gasteiger partial charge >= 0.3 is 0 Å². The van der Waals surface area contributed by atoms with E-state index in [9.17, 15) is 0 Å². The van der Waals surface area contributed by atoms with Gasteiger partial charge in [0.15, 0.2) is 0 Å². The summed E-state index contributed by atoms with van der Waals surface area (Å²) in [7, 11) is 0. The van der Waals surface area contributed by atoms with E-state index in [2.05, 4.69) is 143 Å². The Morgan fingerprint density at radius 2 is 0.973 bits per heavy atom. The molecule has 0 radical (unpaired) electrons. The minimum atomic E-state index is 0.979. The number of halogens is 1. The first-order chi connectivity index (χ1) is 18.3. The number of benzene rings is 6. The third kappa shape index (κ3) is 3.73. The van der Waals surface area contributed by atoms with E-state index >= 15 is 0 Å². The quantitative estimate of drug-likeness (QED) is 0.205. The molecule has 37 heavy (non-hydrogen) atoms. The van der Waals surface area contributed by atoms with Gasteiger partial charge in [-0.15, -0.1) is 0 Å². The van der Waals surface area contributed by atoms with Gasteiger partial charge in [-0.2, -0.15) is 0 Å². The van der Waals surface area contributed by atoms with Gasteiger partial charge in [0.2, 0.25) is 0 Å². The molecule has 0 spiro atoms. The van der Waals surface area contributed by atoms with Crippen LogP contribution in [-0.2, 0) is 0 Å². The van der Waals surface area contributed by atoms with E-state index in [1.807, 2.05) is 6.20 Å². The third-order valence-corrected chi connectivity index (χ3v) is 7.66. The summed E-state index contributed by atoms with van der Waals surface area (Å²) in [5.74, 6) is 0. The van der Waals surface area contributed by atoms with Gasteiger partial charge in [-0.1, -0.05) is 115 Å². The van der Waals surface area contributed by atoms with Gasteiger partial charge < -0.3 is 0 Å². The summed E-state index contributed by atoms with van der Waals surface area (Å²) in [6, 6.07) is 45.7. The molecular formula is C35H22BrN. The fraction of sp³-hybridized carbons (Fsp3) is 0. The van der Waals surface area contributed by atoms with Crippen LogP contribution in [0.5, 0.6) is 0 Å². The monoisotopic (exact) mass is 535 g/mol. The first kappa shape index (κ1) is 22.0. The van der Waals surface area contributed by atoms with E-state index in [0.29, 0.717) is 0 Å². The van der Waals surface area contributed by atoms with Crippen LogP contribution in [0, 0.1) is 0 Å². The summed E-state index contributed by atoms with van der Waals surface area (Å²) in [6.45, 7) is 0. The molecule has 0 fully saturated rings. The van der Waals surface area contributed by atoms with E-state index in [4.69, 9.17) is 4.98 Å². The molecule has 0 atom stereocenters. The number of pyridine rings is 1. The van der Waals surface area contributed by atoms with Crippen LogP contribution < -0.4 is 0 Å². The molecule has 174 valence electrons. The van der Waals surface area contributed by atoms with Crippen molar-refractivity contribution >= 4 is 48.2 Å². The van der Waals surface area contributed by atoms with E-state index in [1.165, 1.54) is 60.1 Å². The van der Waals surface area contributed by atoms with E-state index in [1.54, 1.807) is 0 Å². The first-order valence-corrected chi connectivity index (χ1v) is 13.2. The molecule has 0 saturated heterocycles. The lowest BCUT2D eigenvalue weighted by Gasteiger charge is -2.17. The van der Waals surface area contributed by atoms with Gasteiger partial charge in [-0.3, -0.25) is 4.98 Å². The van der Waals surface area contributed by atoms with Gasteiger partial charge in [-0.05, 0) is 82.6 Å². The highest BCUT2D eigenvalue weighted by atomic mass is 79.9. The maximum Gasteiger partial charge on any atom is 0.0715 e. The van der Waals surface area contributed by atoms with Crippen molar-refractivity contribution in [1.82, 2.24) is 4.98 Å². The van der Waals surface area contributed by atoms with Crippen LogP contribution in [-0.4, -0.2) is 4.98 Å². The second-order valence-electron chi connectivity index (χ2n) is 9.31. The minimum Gasteiger partial charge on any atom is -0.255 e. The van der Waals surface area contributed by atoms with Crippen LogP contribution in [0.3, 0.4) is 0 Å².